The second-order valence-electron chi connectivity index (χ2n) is 7.13. The van der Waals surface area contributed by atoms with Crippen LogP contribution in [0, 0.1) is 5.82 Å². The number of rotatable bonds is 6. The van der Waals surface area contributed by atoms with Crippen molar-refractivity contribution in [2.75, 3.05) is 26.7 Å². The Hall–Kier alpha value is -2.20. The number of likely N-dealkylation sites (tertiary alicyclic amines) is 1. The van der Waals surface area contributed by atoms with Gasteiger partial charge in [0.05, 0.1) is 0 Å². The molecule has 0 spiro atoms. The average Bonchev–Trinajstić information content (AvgIpc) is 3.20. The molecule has 3 nitrogen and oxygen atoms in total. The van der Waals surface area contributed by atoms with E-state index >= 15 is 0 Å². The van der Waals surface area contributed by atoms with Gasteiger partial charge in [-0.15, -0.1) is 0 Å². The molecule has 1 heterocycles. The number of benzene rings is 2. The third-order valence-electron chi connectivity index (χ3n) is 5.31. The summed E-state index contributed by atoms with van der Waals surface area (Å²) in [6.45, 7) is 5.25. The van der Waals surface area contributed by atoms with Crippen LogP contribution >= 0.6 is 0 Å². The number of halogens is 1. The largest absolute Gasteiger partial charge is 0.342 e. The highest BCUT2D eigenvalue weighted by molar-refractivity contribution is 6.00. The van der Waals surface area contributed by atoms with E-state index < -0.39 is 0 Å². The lowest BCUT2D eigenvalue weighted by molar-refractivity contribution is 0.0782. The molecule has 0 aliphatic carbocycles. The number of nitrogens with zero attached hydrogens (tertiary/aromatic N) is 2. The summed E-state index contributed by atoms with van der Waals surface area (Å²) >= 11 is 0. The van der Waals surface area contributed by atoms with Gasteiger partial charge < -0.3 is 9.80 Å². The summed E-state index contributed by atoms with van der Waals surface area (Å²) in [4.78, 5) is 17.2. The van der Waals surface area contributed by atoms with Gasteiger partial charge in [0, 0.05) is 30.8 Å². The molecule has 1 fully saturated rings. The third kappa shape index (κ3) is 4.13. The maximum absolute atomic E-state index is 14.2. The summed E-state index contributed by atoms with van der Waals surface area (Å²) in [5.41, 5.74) is 1.67. The Morgan fingerprint density at radius 2 is 1.69 bits per heavy atom. The van der Waals surface area contributed by atoms with Crippen LogP contribution in [0.5, 0.6) is 0 Å². The molecule has 0 aromatic heterocycles. The summed E-state index contributed by atoms with van der Waals surface area (Å²) in [5.74, 6) is -0.365. The van der Waals surface area contributed by atoms with Crippen molar-refractivity contribution in [1.29, 1.82) is 0 Å². The van der Waals surface area contributed by atoms with E-state index in [2.05, 4.69) is 11.8 Å². The fourth-order valence-corrected chi connectivity index (χ4v) is 3.64. The molecule has 1 atom stereocenters. The Morgan fingerprint density at radius 3 is 2.38 bits per heavy atom. The summed E-state index contributed by atoms with van der Waals surface area (Å²) < 4.78 is 14.2. The highest BCUT2D eigenvalue weighted by atomic mass is 19.1. The van der Waals surface area contributed by atoms with E-state index in [1.807, 2.05) is 25.2 Å². The van der Waals surface area contributed by atoms with Crippen molar-refractivity contribution in [3.8, 4) is 11.1 Å². The molecular formula is C22H27FN2O. The summed E-state index contributed by atoms with van der Waals surface area (Å²) in [6.07, 6.45) is 3.49. The van der Waals surface area contributed by atoms with Crippen molar-refractivity contribution in [3.05, 3.63) is 59.9 Å². The van der Waals surface area contributed by atoms with Gasteiger partial charge in [-0.3, -0.25) is 4.79 Å². The smallest absolute Gasteiger partial charge is 0.254 e. The lowest BCUT2D eigenvalue weighted by Crippen LogP contribution is -2.35. The molecule has 138 valence electrons. The van der Waals surface area contributed by atoms with Gasteiger partial charge in [-0.25, -0.2) is 4.39 Å². The van der Waals surface area contributed by atoms with E-state index in [0.29, 0.717) is 29.3 Å². The van der Waals surface area contributed by atoms with Crippen LogP contribution in [0.4, 0.5) is 4.39 Å². The van der Waals surface area contributed by atoms with Crippen molar-refractivity contribution in [1.82, 2.24) is 9.80 Å². The first kappa shape index (κ1) is 18.6. The van der Waals surface area contributed by atoms with E-state index in [4.69, 9.17) is 0 Å². The van der Waals surface area contributed by atoms with Gasteiger partial charge in [0.2, 0.25) is 0 Å². The van der Waals surface area contributed by atoms with Crippen molar-refractivity contribution in [2.24, 2.45) is 0 Å². The van der Waals surface area contributed by atoms with E-state index in [0.717, 1.165) is 19.5 Å². The lowest BCUT2D eigenvalue weighted by atomic mass is 9.98. The van der Waals surface area contributed by atoms with Gasteiger partial charge in [-0.1, -0.05) is 36.4 Å². The maximum atomic E-state index is 14.2. The minimum atomic E-state index is -0.307. The minimum Gasteiger partial charge on any atom is -0.342 e. The quantitative estimate of drug-likeness (QED) is 0.766. The lowest BCUT2D eigenvalue weighted by Gasteiger charge is -2.26. The number of hydrogen-bond acceptors (Lipinski definition) is 2. The molecule has 2 aromatic rings. The SMILES string of the molecule is CC(CCN(C)C(=O)c1ccccc1-c1ccccc1F)N1CCCC1. The van der Waals surface area contributed by atoms with Crippen LogP contribution in [0.2, 0.25) is 0 Å². The van der Waals surface area contributed by atoms with Crippen LogP contribution in [0.15, 0.2) is 48.5 Å². The predicted molar refractivity (Wildman–Crippen MR) is 104 cm³/mol. The first-order chi connectivity index (χ1) is 12.6. The van der Waals surface area contributed by atoms with Crippen molar-refractivity contribution < 1.29 is 9.18 Å². The third-order valence-corrected chi connectivity index (χ3v) is 5.31. The summed E-state index contributed by atoms with van der Waals surface area (Å²) in [5, 5.41) is 0. The van der Waals surface area contributed by atoms with Gasteiger partial charge >= 0.3 is 0 Å². The van der Waals surface area contributed by atoms with Crippen LogP contribution in [-0.4, -0.2) is 48.4 Å². The van der Waals surface area contributed by atoms with Gasteiger partial charge in [0.25, 0.3) is 5.91 Å². The fraction of sp³-hybridized carbons (Fsp3) is 0.409. The Morgan fingerprint density at radius 1 is 1.08 bits per heavy atom. The first-order valence-electron chi connectivity index (χ1n) is 9.41. The highest BCUT2D eigenvalue weighted by Crippen LogP contribution is 2.27. The second-order valence-corrected chi connectivity index (χ2v) is 7.13. The zero-order valence-corrected chi connectivity index (χ0v) is 15.6. The van der Waals surface area contributed by atoms with Crippen LogP contribution in [0.1, 0.15) is 36.5 Å². The molecule has 1 aliphatic rings. The Bertz CT molecular complexity index is 755. The van der Waals surface area contributed by atoms with Crippen LogP contribution in [-0.2, 0) is 0 Å². The Balaban J connectivity index is 1.72. The van der Waals surface area contributed by atoms with Gasteiger partial charge in [0.1, 0.15) is 5.82 Å². The zero-order chi connectivity index (χ0) is 18.5. The van der Waals surface area contributed by atoms with E-state index in [-0.39, 0.29) is 11.7 Å². The molecule has 1 aliphatic heterocycles. The molecule has 26 heavy (non-hydrogen) atoms. The number of carbonyl (C=O) groups is 1. The summed E-state index contributed by atoms with van der Waals surface area (Å²) in [7, 11) is 1.83. The van der Waals surface area contributed by atoms with Gasteiger partial charge in [-0.05, 0) is 57.0 Å². The molecule has 3 rings (SSSR count). The predicted octanol–water partition coefficient (Wildman–Crippen LogP) is 4.44. The normalized spacial score (nSPS) is 15.8. The molecule has 0 bridgehead atoms. The monoisotopic (exact) mass is 354 g/mol. The number of amides is 1. The molecule has 0 saturated carbocycles. The minimum absolute atomic E-state index is 0.0579. The average molecular weight is 354 g/mol. The first-order valence-corrected chi connectivity index (χ1v) is 9.41. The Labute approximate surface area is 155 Å². The maximum Gasteiger partial charge on any atom is 0.254 e. The van der Waals surface area contributed by atoms with Crippen LogP contribution in [0.3, 0.4) is 0 Å². The molecule has 2 aromatic carbocycles. The topological polar surface area (TPSA) is 23.6 Å². The van der Waals surface area contributed by atoms with Crippen molar-refractivity contribution in [3.63, 3.8) is 0 Å². The molecule has 0 N–H and O–H groups in total. The highest BCUT2D eigenvalue weighted by Gasteiger charge is 2.21. The van der Waals surface area contributed by atoms with Gasteiger partial charge in [-0.2, -0.15) is 0 Å². The van der Waals surface area contributed by atoms with Crippen molar-refractivity contribution >= 4 is 5.91 Å². The summed E-state index contributed by atoms with van der Waals surface area (Å²) in [6, 6.07) is 14.4. The molecule has 4 heteroatoms. The zero-order valence-electron chi connectivity index (χ0n) is 15.6. The molecular weight excluding hydrogens is 327 g/mol. The van der Waals surface area contributed by atoms with Crippen LogP contribution in [0.25, 0.3) is 11.1 Å². The second kappa shape index (κ2) is 8.45. The number of hydrogen-bond donors (Lipinski definition) is 0. The molecule has 0 radical (unpaired) electrons. The standard InChI is InChI=1S/C22H27FN2O/c1-17(25-14-7-8-15-25)13-16-24(2)22(26)20-11-4-3-9-18(20)19-10-5-6-12-21(19)23/h3-6,9-12,17H,7-8,13-16H2,1-2H3. The van der Waals surface area contributed by atoms with Gasteiger partial charge in [0.15, 0.2) is 0 Å². The van der Waals surface area contributed by atoms with E-state index in [1.54, 1.807) is 29.2 Å². The Kier molecular flexibility index (Phi) is 6.04. The van der Waals surface area contributed by atoms with Crippen molar-refractivity contribution in [2.45, 2.75) is 32.2 Å². The molecule has 1 saturated heterocycles. The van der Waals surface area contributed by atoms with E-state index in [9.17, 15) is 9.18 Å². The van der Waals surface area contributed by atoms with E-state index in [1.165, 1.54) is 18.9 Å². The number of carbonyl (C=O) groups excluding carboxylic acids is 1. The fourth-order valence-electron chi connectivity index (χ4n) is 3.64. The molecule has 1 unspecified atom stereocenters. The molecule has 1 amide bonds. The van der Waals surface area contributed by atoms with Crippen LogP contribution < -0.4 is 0 Å².